The van der Waals surface area contributed by atoms with Gasteiger partial charge in [0.05, 0.1) is 13.7 Å². The minimum absolute atomic E-state index is 0.0626. The van der Waals surface area contributed by atoms with Crippen LogP contribution in [-0.4, -0.2) is 30.7 Å². The first-order chi connectivity index (χ1) is 9.86. The first kappa shape index (κ1) is 15.7. The number of halogens is 2. The predicted octanol–water partition coefficient (Wildman–Crippen LogP) is 2.42. The van der Waals surface area contributed by atoms with E-state index in [4.69, 9.17) is 4.74 Å². The Balaban J connectivity index is 2.47. The number of aliphatic hydroxyl groups is 1. The molecule has 0 spiro atoms. The van der Waals surface area contributed by atoms with Crippen molar-refractivity contribution >= 4 is 5.97 Å². The molecule has 21 heavy (non-hydrogen) atoms. The molecule has 0 fully saturated rings. The molecule has 0 aliphatic heterocycles. The Kier molecular flexibility index (Phi) is 4.18. The average molecular weight is 300 g/mol. The molecule has 0 radical (unpaired) electrons. The van der Waals surface area contributed by atoms with Crippen LogP contribution in [0.5, 0.6) is 5.75 Å². The van der Waals surface area contributed by atoms with E-state index >= 15 is 0 Å². The van der Waals surface area contributed by atoms with E-state index in [1.165, 1.54) is 26.2 Å². The lowest BCUT2D eigenvalue weighted by Gasteiger charge is -2.38. The highest BCUT2D eigenvalue weighted by Crippen LogP contribution is 2.47. The fourth-order valence-corrected chi connectivity index (χ4v) is 2.69. The molecule has 116 valence electrons. The molecule has 4 nitrogen and oxygen atoms in total. The molecule has 0 heterocycles. The van der Waals surface area contributed by atoms with Gasteiger partial charge in [0.2, 0.25) is 0 Å². The second-order valence-corrected chi connectivity index (χ2v) is 5.03. The fourth-order valence-electron chi connectivity index (χ4n) is 2.69. The van der Waals surface area contributed by atoms with Crippen LogP contribution in [0.1, 0.15) is 30.9 Å². The van der Waals surface area contributed by atoms with E-state index in [-0.39, 0.29) is 18.6 Å². The zero-order chi connectivity index (χ0) is 15.7. The number of alkyl halides is 2. The Hall–Kier alpha value is -1.69. The lowest BCUT2D eigenvalue weighted by molar-refractivity contribution is -0.220. The quantitative estimate of drug-likeness (QED) is 0.868. The molecule has 1 atom stereocenters. The number of carbonyl (C=O) groups is 1. The third-order valence-electron chi connectivity index (χ3n) is 3.79. The highest BCUT2D eigenvalue weighted by atomic mass is 19.3. The van der Waals surface area contributed by atoms with Gasteiger partial charge in [-0.15, -0.1) is 0 Å². The number of ether oxygens (including phenoxy) is 2. The maximum atomic E-state index is 14.4. The Labute approximate surface area is 121 Å². The number of rotatable bonds is 4. The second-order valence-electron chi connectivity index (χ2n) is 5.03. The van der Waals surface area contributed by atoms with Gasteiger partial charge in [-0.3, -0.25) is 0 Å². The summed E-state index contributed by atoms with van der Waals surface area (Å²) in [6.45, 7) is 1.28. The topological polar surface area (TPSA) is 55.8 Å². The van der Waals surface area contributed by atoms with Crippen molar-refractivity contribution in [2.75, 3.05) is 13.7 Å². The van der Waals surface area contributed by atoms with Gasteiger partial charge in [0.25, 0.3) is 0 Å². The van der Waals surface area contributed by atoms with Gasteiger partial charge in [-0.05, 0) is 49.4 Å². The molecule has 6 heteroatoms. The van der Waals surface area contributed by atoms with Crippen molar-refractivity contribution in [3.8, 4) is 5.75 Å². The van der Waals surface area contributed by atoms with Gasteiger partial charge in [-0.2, -0.15) is 8.78 Å². The lowest BCUT2D eigenvalue weighted by Crippen LogP contribution is -2.53. The fraction of sp³-hybridized carbons (Fsp3) is 0.533. The summed E-state index contributed by atoms with van der Waals surface area (Å²) in [6, 6.07) is 4.50. The van der Waals surface area contributed by atoms with Crippen molar-refractivity contribution < 1.29 is 28.2 Å². The van der Waals surface area contributed by atoms with Crippen molar-refractivity contribution in [2.45, 2.75) is 37.7 Å². The Bertz CT molecular complexity index is 544. The molecule has 1 aromatic rings. The van der Waals surface area contributed by atoms with Gasteiger partial charge in [-0.25, -0.2) is 4.79 Å². The van der Waals surface area contributed by atoms with Gasteiger partial charge in [0.15, 0.2) is 5.60 Å². The van der Waals surface area contributed by atoms with Gasteiger partial charge in [0, 0.05) is 0 Å². The molecule has 0 saturated heterocycles. The van der Waals surface area contributed by atoms with E-state index in [2.05, 4.69) is 4.74 Å². The number of hydrogen-bond acceptors (Lipinski definition) is 4. The van der Waals surface area contributed by atoms with Crippen molar-refractivity contribution in [1.29, 1.82) is 0 Å². The largest absolute Gasteiger partial charge is 0.497 e. The van der Waals surface area contributed by atoms with Crippen LogP contribution >= 0.6 is 0 Å². The lowest BCUT2D eigenvalue weighted by atomic mass is 9.75. The van der Waals surface area contributed by atoms with E-state index in [9.17, 15) is 18.7 Å². The summed E-state index contributed by atoms with van der Waals surface area (Å²) in [7, 11) is 1.48. The van der Waals surface area contributed by atoms with E-state index in [1.54, 1.807) is 6.07 Å². The molecular weight excluding hydrogens is 282 g/mol. The molecule has 1 aliphatic rings. The van der Waals surface area contributed by atoms with Gasteiger partial charge in [0.1, 0.15) is 5.75 Å². The highest BCUT2D eigenvalue weighted by molar-refractivity contribution is 5.80. The van der Waals surface area contributed by atoms with Crippen LogP contribution in [0.2, 0.25) is 0 Å². The summed E-state index contributed by atoms with van der Waals surface area (Å²) in [4.78, 5) is 11.5. The van der Waals surface area contributed by atoms with Crippen LogP contribution in [0, 0.1) is 0 Å². The van der Waals surface area contributed by atoms with Crippen molar-refractivity contribution in [3.63, 3.8) is 0 Å². The first-order valence-electron chi connectivity index (χ1n) is 6.81. The Morgan fingerprint density at radius 1 is 1.48 bits per heavy atom. The molecule has 1 aromatic carbocycles. The number of hydrogen-bond donors (Lipinski definition) is 1. The van der Waals surface area contributed by atoms with Crippen molar-refractivity contribution in [3.05, 3.63) is 29.3 Å². The molecule has 0 bridgehead atoms. The molecule has 0 amide bonds. The van der Waals surface area contributed by atoms with Gasteiger partial charge < -0.3 is 14.6 Å². The standard InChI is InChI=1S/C15H18F2O4/c1-3-21-13(18)15(16,17)14(19)8-4-5-10-9-11(20-2)6-7-12(10)14/h6-7,9,19H,3-5,8H2,1-2H3. The van der Waals surface area contributed by atoms with Crippen LogP contribution in [0.25, 0.3) is 0 Å². The maximum absolute atomic E-state index is 14.4. The summed E-state index contributed by atoms with van der Waals surface area (Å²) in [5.41, 5.74) is -1.92. The van der Waals surface area contributed by atoms with Crippen LogP contribution in [0.15, 0.2) is 18.2 Å². The summed E-state index contributed by atoms with van der Waals surface area (Å²) in [5, 5.41) is 10.5. The average Bonchev–Trinajstić information content (AvgIpc) is 2.47. The minimum Gasteiger partial charge on any atom is -0.497 e. The zero-order valence-electron chi connectivity index (χ0n) is 12.0. The van der Waals surface area contributed by atoms with Crippen molar-refractivity contribution in [2.24, 2.45) is 0 Å². The van der Waals surface area contributed by atoms with Crippen LogP contribution in [0.3, 0.4) is 0 Å². The number of methoxy groups -OCH3 is 1. The summed E-state index contributed by atoms with van der Waals surface area (Å²) in [6.07, 6.45) is 0.706. The van der Waals surface area contributed by atoms with E-state index in [0.717, 1.165) is 0 Å². The molecule has 1 unspecified atom stereocenters. The minimum atomic E-state index is -3.99. The van der Waals surface area contributed by atoms with Crippen molar-refractivity contribution in [1.82, 2.24) is 0 Å². The first-order valence-corrected chi connectivity index (χ1v) is 6.81. The number of esters is 1. The monoisotopic (exact) mass is 300 g/mol. The van der Waals surface area contributed by atoms with Crippen LogP contribution in [-0.2, 0) is 21.6 Å². The molecule has 0 saturated carbocycles. The zero-order valence-corrected chi connectivity index (χ0v) is 12.0. The number of aryl methyl sites for hydroxylation is 1. The SMILES string of the molecule is CCOC(=O)C(F)(F)C1(O)CCCc2cc(OC)ccc21. The Morgan fingerprint density at radius 2 is 2.19 bits per heavy atom. The Morgan fingerprint density at radius 3 is 2.81 bits per heavy atom. The normalized spacial score (nSPS) is 21.6. The molecule has 1 N–H and O–H groups in total. The van der Waals surface area contributed by atoms with E-state index in [1.807, 2.05) is 0 Å². The molecular formula is C15H18F2O4. The van der Waals surface area contributed by atoms with Gasteiger partial charge >= 0.3 is 11.9 Å². The summed E-state index contributed by atoms with van der Waals surface area (Å²) in [5.74, 6) is -5.17. The third kappa shape index (κ3) is 2.48. The molecule has 0 aromatic heterocycles. The second kappa shape index (κ2) is 5.60. The number of fused-ring (bicyclic) bond motifs is 1. The molecule has 1 aliphatic carbocycles. The number of carbonyl (C=O) groups excluding carboxylic acids is 1. The smallest absolute Gasteiger partial charge is 0.380 e. The van der Waals surface area contributed by atoms with Gasteiger partial charge in [-0.1, -0.05) is 6.07 Å². The van der Waals surface area contributed by atoms with Crippen LogP contribution < -0.4 is 4.74 Å². The maximum Gasteiger partial charge on any atom is 0.380 e. The number of benzene rings is 1. The molecule has 2 rings (SSSR count). The predicted molar refractivity (Wildman–Crippen MR) is 71.4 cm³/mol. The highest BCUT2D eigenvalue weighted by Gasteiger charge is 2.61. The van der Waals surface area contributed by atoms with E-state index < -0.39 is 17.5 Å². The van der Waals surface area contributed by atoms with Crippen LogP contribution in [0.4, 0.5) is 8.78 Å². The third-order valence-corrected chi connectivity index (χ3v) is 3.79. The summed E-state index contributed by atoms with van der Waals surface area (Å²) < 4.78 is 38.2. The van der Waals surface area contributed by atoms with E-state index in [0.29, 0.717) is 24.2 Å². The summed E-state index contributed by atoms with van der Waals surface area (Å²) >= 11 is 0.